The molecule has 4 rings (SSSR count). The summed E-state index contributed by atoms with van der Waals surface area (Å²) >= 11 is 0. The minimum atomic E-state index is -3.80. The first-order chi connectivity index (χ1) is 15.0. The Morgan fingerprint density at radius 2 is 1.84 bits per heavy atom. The standard InChI is InChI=1S/C23H29N3O5S/c1-5-26-18-9-10-19(16-7-6-8-17(20(16)18)21(26)27)32(29,30)24-15-11-13-25(14-12-15)31-22(28)23(2,3)4/h6-10,15,24H,5,11-14H2,1-4H3. The summed E-state index contributed by atoms with van der Waals surface area (Å²) in [6, 6.07) is 8.23. The van der Waals surface area contributed by atoms with E-state index in [2.05, 4.69) is 4.72 Å². The van der Waals surface area contributed by atoms with Crippen LogP contribution in [0.2, 0.25) is 0 Å². The molecular formula is C23H29N3O5S. The molecule has 0 radical (unpaired) electrons. The lowest BCUT2D eigenvalue weighted by Gasteiger charge is -2.32. The SMILES string of the molecule is CCN1C(=O)c2cccc3c(S(=O)(=O)NC4CCN(OC(=O)C(C)(C)C)CC4)ccc1c23. The molecule has 172 valence electrons. The second-order valence-corrected chi connectivity index (χ2v) is 11.0. The number of anilines is 1. The molecule has 1 saturated heterocycles. The van der Waals surface area contributed by atoms with Crippen molar-refractivity contribution in [1.29, 1.82) is 0 Å². The van der Waals surface area contributed by atoms with Gasteiger partial charge >= 0.3 is 5.97 Å². The fourth-order valence-electron chi connectivity index (χ4n) is 4.17. The quantitative estimate of drug-likeness (QED) is 0.738. The first-order valence-electron chi connectivity index (χ1n) is 10.9. The Labute approximate surface area is 188 Å². The minimum absolute atomic E-state index is 0.104. The number of hydrogen-bond donors (Lipinski definition) is 1. The lowest BCUT2D eigenvalue weighted by atomic mass is 9.98. The zero-order valence-corrected chi connectivity index (χ0v) is 19.7. The van der Waals surface area contributed by atoms with E-state index in [0.29, 0.717) is 48.8 Å². The van der Waals surface area contributed by atoms with Crippen LogP contribution < -0.4 is 9.62 Å². The van der Waals surface area contributed by atoms with E-state index >= 15 is 0 Å². The van der Waals surface area contributed by atoms with Gasteiger partial charge in [0, 0.05) is 42.0 Å². The highest BCUT2D eigenvalue weighted by Crippen LogP contribution is 2.40. The molecular weight excluding hydrogens is 430 g/mol. The Morgan fingerprint density at radius 1 is 1.16 bits per heavy atom. The van der Waals surface area contributed by atoms with E-state index in [1.807, 2.05) is 6.92 Å². The molecule has 2 aromatic carbocycles. The van der Waals surface area contributed by atoms with Gasteiger partial charge in [-0.25, -0.2) is 17.9 Å². The van der Waals surface area contributed by atoms with Gasteiger partial charge in [-0.3, -0.25) is 4.79 Å². The molecule has 0 unspecified atom stereocenters. The maximum Gasteiger partial charge on any atom is 0.330 e. The smallest absolute Gasteiger partial charge is 0.330 e. The van der Waals surface area contributed by atoms with Crippen molar-refractivity contribution in [3.05, 3.63) is 35.9 Å². The summed E-state index contributed by atoms with van der Waals surface area (Å²) in [7, 11) is -3.80. The van der Waals surface area contributed by atoms with E-state index in [9.17, 15) is 18.0 Å². The van der Waals surface area contributed by atoms with Gasteiger partial charge in [-0.1, -0.05) is 12.1 Å². The molecule has 9 heteroatoms. The van der Waals surface area contributed by atoms with E-state index in [1.165, 1.54) is 0 Å². The molecule has 0 aromatic heterocycles. The average molecular weight is 460 g/mol. The van der Waals surface area contributed by atoms with Gasteiger partial charge in [-0.2, -0.15) is 0 Å². The summed E-state index contributed by atoms with van der Waals surface area (Å²) in [5.41, 5.74) is 0.685. The molecule has 8 nitrogen and oxygen atoms in total. The molecule has 0 bridgehead atoms. The minimum Gasteiger partial charge on any atom is -0.367 e. The van der Waals surface area contributed by atoms with E-state index in [4.69, 9.17) is 4.84 Å². The number of sulfonamides is 1. The summed E-state index contributed by atoms with van der Waals surface area (Å²) in [5, 5.41) is 2.84. The number of carbonyl (C=O) groups is 2. The third-order valence-electron chi connectivity index (χ3n) is 5.95. The normalized spacial score (nSPS) is 17.9. The number of benzene rings is 2. The second kappa shape index (κ2) is 8.13. The predicted molar refractivity (Wildman–Crippen MR) is 122 cm³/mol. The Balaban J connectivity index is 1.52. The van der Waals surface area contributed by atoms with Gasteiger partial charge in [0.2, 0.25) is 10.0 Å². The van der Waals surface area contributed by atoms with Crippen molar-refractivity contribution in [2.45, 2.75) is 51.5 Å². The fraction of sp³-hybridized carbons (Fsp3) is 0.478. The second-order valence-electron chi connectivity index (χ2n) is 9.31. The van der Waals surface area contributed by atoms with Crippen LogP contribution in [0.25, 0.3) is 10.8 Å². The van der Waals surface area contributed by atoms with Gasteiger partial charge in [0.25, 0.3) is 5.91 Å². The Hall–Kier alpha value is -2.49. The van der Waals surface area contributed by atoms with Gasteiger partial charge in [0.1, 0.15) is 0 Å². The summed E-state index contributed by atoms with van der Waals surface area (Å²) in [6.45, 7) is 8.71. The van der Waals surface area contributed by atoms with E-state index in [-0.39, 0.29) is 22.8 Å². The van der Waals surface area contributed by atoms with Crippen molar-refractivity contribution in [2.24, 2.45) is 5.41 Å². The first kappa shape index (κ1) is 22.7. The number of piperidine rings is 1. The van der Waals surface area contributed by atoms with Gasteiger partial charge in [-0.05, 0) is 58.7 Å². The van der Waals surface area contributed by atoms with Crippen molar-refractivity contribution >= 4 is 38.4 Å². The Morgan fingerprint density at radius 3 is 2.47 bits per heavy atom. The number of rotatable bonds is 5. The number of carbonyl (C=O) groups excluding carboxylic acids is 2. The van der Waals surface area contributed by atoms with Crippen molar-refractivity contribution in [3.8, 4) is 0 Å². The summed E-state index contributed by atoms with van der Waals surface area (Å²) < 4.78 is 29.4. The van der Waals surface area contributed by atoms with Crippen molar-refractivity contribution < 1.29 is 22.8 Å². The Bertz CT molecular complexity index is 1180. The van der Waals surface area contributed by atoms with Crippen LogP contribution >= 0.6 is 0 Å². The lowest BCUT2D eigenvalue weighted by molar-refractivity contribution is -0.204. The molecule has 1 amide bonds. The molecule has 1 N–H and O–H groups in total. The van der Waals surface area contributed by atoms with Crippen LogP contribution in [0.3, 0.4) is 0 Å². The van der Waals surface area contributed by atoms with E-state index in [0.717, 1.165) is 5.69 Å². The molecule has 1 fully saturated rings. The molecule has 0 atom stereocenters. The van der Waals surface area contributed by atoms with Crippen LogP contribution in [0.4, 0.5) is 5.69 Å². The van der Waals surface area contributed by atoms with Gasteiger partial charge in [0.05, 0.1) is 16.0 Å². The highest BCUT2D eigenvalue weighted by Gasteiger charge is 2.33. The molecule has 2 aliphatic rings. The summed E-state index contributed by atoms with van der Waals surface area (Å²) in [4.78, 5) is 32.0. The van der Waals surface area contributed by atoms with Crippen LogP contribution in [-0.2, 0) is 19.7 Å². The van der Waals surface area contributed by atoms with E-state index < -0.39 is 15.4 Å². The number of nitrogens with zero attached hydrogens (tertiary/aromatic N) is 2. The monoisotopic (exact) mass is 459 g/mol. The van der Waals surface area contributed by atoms with Crippen LogP contribution in [0, 0.1) is 5.41 Å². The lowest BCUT2D eigenvalue weighted by Crippen LogP contribution is -2.46. The maximum absolute atomic E-state index is 13.3. The molecule has 0 saturated carbocycles. The molecule has 2 aromatic rings. The molecule has 0 aliphatic carbocycles. The third kappa shape index (κ3) is 4.00. The first-order valence-corrected chi connectivity index (χ1v) is 12.4. The molecule has 32 heavy (non-hydrogen) atoms. The highest BCUT2D eigenvalue weighted by molar-refractivity contribution is 7.89. The summed E-state index contributed by atoms with van der Waals surface area (Å²) in [6.07, 6.45) is 1.06. The van der Waals surface area contributed by atoms with E-state index in [1.54, 1.807) is 61.1 Å². The van der Waals surface area contributed by atoms with Crippen molar-refractivity contribution in [1.82, 2.24) is 9.79 Å². The molecule has 2 aliphatic heterocycles. The predicted octanol–water partition coefficient (Wildman–Crippen LogP) is 3.07. The molecule has 0 spiro atoms. The maximum atomic E-state index is 13.3. The highest BCUT2D eigenvalue weighted by atomic mass is 32.2. The van der Waals surface area contributed by atoms with Gasteiger partial charge in [-0.15, -0.1) is 5.06 Å². The average Bonchev–Trinajstić information content (AvgIpc) is 3.01. The van der Waals surface area contributed by atoms with Crippen LogP contribution in [0.5, 0.6) is 0 Å². The number of hydroxylamine groups is 2. The van der Waals surface area contributed by atoms with Crippen molar-refractivity contribution in [3.63, 3.8) is 0 Å². The number of hydrogen-bond acceptors (Lipinski definition) is 6. The van der Waals surface area contributed by atoms with Crippen LogP contribution in [0.15, 0.2) is 35.2 Å². The zero-order chi connectivity index (χ0) is 23.3. The third-order valence-corrected chi connectivity index (χ3v) is 7.53. The largest absolute Gasteiger partial charge is 0.367 e. The number of amides is 1. The topological polar surface area (TPSA) is 96.0 Å². The van der Waals surface area contributed by atoms with Crippen molar-refractivity contribution in [2.75, 3.05) is 24.5 Å². The van der Waals surface area contributed by atoms with Gasteiger partial charge in [0.15, 0.2) is 0 Å². The Kier molecular flexibility index (Phi) is 5.77. The van der Waals surface area contributed by atoms with Crippen LogP contribution in [-0.4, -0.2) is 51.0 Å². The molecule has 2 heterocycles. The zero-order valence-electron chi connectivity index (χ0n) is 18.8. The van der Waals surface area contributed by atoms with Crippen LogP contribution in [0.1, 0.15) is 50.9 Å². The number of nitrogens with one attached hydrogen (secondary N) is 1. The fourth-order valence-corrected chi connectivity index (χ4v) is 5.68. The van der Waals surface area contributed by atoms with Gasteiger partial charge < -0.3 is 9.74 Å². The summed E-state index contributed by atoms with van der Waals surface area (Å²) in [5.74, 6) is -0.409.